The lowest BCUT2D eigenvalue weighted by atomic mass is 10.1. The molecule has 4 nitrogen and oxygen atoms in total. The monoisotopic (exact) mass is 262 g/mol. The van der Waals surface area contributed by atoms with E-state index in [1.165, 1.54) is 4.90 Å². The highest BCUT2D eigenvalue weighted by Gasteiger charge is 2.24. The molecule has 0 aliphatic rings. The summed E-state index contributed by atoms with van der Waals surface area (Å²) in [5, 5.41) is 2.69. The van der Waals surface area contributed by atoms with Gasteiger partial charge in [-0.15, -0.1) is 0 Å². The summed E-state index contributed by atoms with van der Waals surface area (Å²) in [6.07, 6.45) is 0. The van der Waals surface area contributed by atoms with Crippen molar-refractivity contribution in [2.75, 3.05) is 6.54 Å². The highest BCUT2D eigenvalue weighted by atomic mass is 16.2. The van der Waals surface area contributed by atoms with Crippen molar-refractivity contribution in [2.45, 2.75) is 39.8 Å². The summed E-state index contributed by atoms with van der Waals surface area (Å²) in [6, 6.07) is 9.65. The average Bonchev–Trinajstić information content (AvgIpc) is 2.34. The topological polar surface area (TPSA) is 49.4 Å². The van der Waals surface area contributed by atoms with Crippen molar-refractivity contribution in [3.8, 4) is 0 Å². The third-order valence-corrected chi connectivity index (χ3v) is 2.57. The molecule has 1 aromatic rings. The number of nitrogens with zero attached hydrogens (tertiary/aromatic N) is 1. The van der Waals surface area contributed by atoms with Gasteiger partial charge in [0.05, 0.1) is 0 Å². The van der Waals surface area contributed by atoms with E-state index in [1.807, 2.05) is 58.0 Å². The van der Waals surface area contributed by atoms with E-state index in [0.717, 1.165) is 5.56 Å². The van der Waals surface area contributed by atoms with Gasteiger partial charge in [0.2, 0.25) is 0 Å². The van der Waals surface area contributed by atoms with Crippen LogP contribution in [0.1, 0.15) is 33.3 Å². The number of hydrogen-bond donors (Lipinski definition) is 1. The van der Waals surface area contributed by atoms with Crippen LogP contribution in [0.15, 0.2) is 30.3 Å². The maximum atomic E-state index is 12.1. The maximum Gasteiger partial charge on any atom is 0.312 e. The van der Waals surface area contributed by atoms with Crippen molar-refractivity contribution in [2.24, 2.45) is 0 Å². The summed E-state index contributed by atoms with van der Waals surface area (Å²) in [7, 11) is 0. The van der Waals surface area contributed by atoms with Crippen LogP contribution in [-0.4, -0.2) is 28.8 Å². The molecule has 0 bridgehead atoms. The van der Waals surface area contributed by atoms with Gasteiger partial charge in [0, 0.05) is 18.6 Å². The SMILES string of the molecule is CCN(Cc1ccccc1)C(=O)C(=O)NC(C)(C)C. The molecule has 0 aromatic heterocycles. The van der Waals surface area contributed by atoms with E-state index < -0.39 is 17.4 Å². The molecule has 2 amide bonds. The second kappa shape index (κ2) is 6.36. The summed E-state index contributed by atoms with van der Waals surface area (Å²) in [4.78, 5) is 25.5. The Balaban J connectivity index is 2.69. The van der Waals surface area contributed by atoms with E-state index >= 15 is 0 Å². The fourth-order valence-corrected chi connectivity index (χ4v) is 1.67. The van der Waals surface area contributed by atoms with Crippen LogP contribution < -0.4 is 5.32 Å². The lowest BCUT2D eigenvalue weighted by Gasteiger charge is -2.24. The van der Waals surface area contributed by atoms with Crippen molar-refractivity contribution >= 4 is 11.8 Å². The Morgan fingerprint density at radius 1 is 1.16 bits per heavy atom. The van der Waals surface area contributed by atoms with E-state index in [1.54, 1.807) is 0 Å². The first-order chi connectivity index (χ1) is 8.83. The Bertz CT molecular complexity index is 435. The van der Waals surface area contributed by atoms with Crippen LogP contribution in [0.2, 0.25) is 0 Å². The normalized spacial score (nSPS) is 10.9. The van der Waals surface area contributed by atoms with Crippen molar-refractivity contribution < 1.29 is 9.59 Å². The predicted molar refractivity (Wildman–Crippen MR) is 75.4 cm³/mol. The molecule has 4 heteroatoms. The van der Waals surface area contributed by atoms with E-state index in [2.05, 4.69) is 5.32 Å². The molecule has 0 unspecified atom stereocenters. The van der Waals surface area contributed by atoms with Crippen molar-refractivity contribution in [3.63, 3.8) is 0 Å². The van der Waals surface area contributed by atoms with E-state index in [-0.39, 0.29) is 0 Å². The van der Waals surface area contributed by atoms with E-state index in [4.69, 9.17) is 0 Å². The minimum absolute atomic E-state index is 0.404. The summed E-state index contributed by atoms with van der Waals surface area (Å²) in [5.41, 5.74) is 0.611. The molecular weight excluding hydrogens is 240 g/mol. The molecule has 0 radical (unpaired) electrons. The van der Waals surface area contributed by atoms with Gasteiger partial charge in [-0.3, -0.25) is 9.59 Å². The van der Waals surface area contributed by atoms with Gasteiger partial charge < -0.3 is 10.2 Å². The Hall–Kier alpha value is -1.84. The minimum Gasteiger partial charge on any atom is -0.343 e. The third kappa shape index (κ3) is 5.12. The average molecular weight is 262 g/mol. The van der Waals surface area contributed by atoms with Crippen LogP contribution in [-0.2, 0) is 16.1 Å². The molecule has 0 saturated heterocycles. The van der Waals surface area contributed by atoms with Gasteiger partial charge in [-0.05, 0) is 33.3 Å². The zero-order valence-corrected chi connectivity index (χ0v) is 12.1. The smallest absolute Gasteiger partial charge is 0.312 e. The number of rotatable bonds is 3. The minimum atomic E-state index is -0.551. The molecule has 1 aromatic carbocycles. The molecule has 0 atom stereocenters. The number of carbonyl (C=O) groups is 2. The molecule has 1 N–H and O–H groups in total. The lowest BCUT2D eigenvalue weighted by Crippen LogP contribution is -2.49. The Kier molecular flexibility index (Phi) is 5.10. The van der Waals surface area contributed by atoms with Crippen molar-refractivity contribution in [1.82, 2.24) is 10.2 Å². The molecule has 0 saturated carbocycles. The zero-order chi connectivity index (χ0) is 14.5. The van der Waals surface area contributed by atoms with Crippen molar-refractivity contribution in [3.05, 3.63) is 35.9 Å². The first-order valence-corrected chi connectivity index (χ1v) is 6.49. The van der Waals surface area contributed by atoms with Crippen LogP contribution in [0.4, 0.5) is 0 Å². The van der Waals surface area contributed by atoms with Crippen LogP contribution in [0.3, 0.4) is 0 Å². The number of amides is 2. The molecule has 0 heterocycles. The fraction of sp³-hybridized carbons (Fsp3) is 0.467. The van der Waals surface area contributed by atoms with Crippen LogP contribution in [0.25, 0.3) is 0 Å². The van der Waals surface area contributed by atoms with Crippen LogP contribution in [0, 0.1) is 0 Å². The second-order valence-corrected chi connectivity index (χ2v) is 5.51. The molecule has 0 aliphatic heterocycles. The van der Waals surface area contributed by atoms with Gasteiger partial charge in [-0.25, -0.2) is 0 Å². The molecular formula is C15H22N2O2. The van der Waals surface area contributed by atoms with Crippen LogP contribution >= 0.6 is 0 Å². The molecule has 1 rings (SSSR count). The maximum absolute atomic E-state index is 12.1. The summed E-state index contributed by atoms with van der Waals surface area (Å²) in [6.45, 7) is 8.38. The van der Waals surface area contributed by atoms with E-state index in [9.17, 15) is 9.59 Å². The molecule has 104 valence electrons. The number of carbonyl (C=O) groups excluding carboxylic acids is 2. The largest absolute Gasteiger partial charge is 0.343 e. The van der Waals surface area contributed by atoms with Crippen LogP contribution in [0.5, 0.6) is 0 Å². The first kappa shape index (κ1) is 15.2. The van der Waals surface area contributed by atoms with Gasteiger partial charge >= 0.3 is 11.8 Å². The number of nitrogens with one attached hydrogen (secondary N) is 1. The summed E-state index contributed by atoms with van der Waals surface area (Å²) >= 11 is 0. The molecule has 19 heavy (non-hydrogen) atoms. The number of benzene rings is 1. The summed E-state index contributed by atoms with van der Waals surface area (Å²) in [5.74, 6) is -1.04. The highest BCUT2D eigenvalue weighted by Crippen LogP contribution is 2.06. The second-order valence-electron chi connectivity index (χ2n) is 5.51. The molecule has 0 fully saturated rings. The lowest BCUT2D eigenvalue weighted by molar-refractivity contribution is -0.146. The van der Waals surface area contributed by atoms with E-state index in [0.29, 0.717) is 13.1 Å². The quantitative estimate of drug-likeness (QED) is 0.846. The summed E-state index contributed by atoms with van der Waals surface area (Å²) < 4.78 is 0. The van der Waals surface area contributed by atoms with Gasteiger partial charge in [0.15, 0.2) is 0 Å². The van der Waals surface area contributed by atoms with Gasteiger partial charge in [0.25, 0.3) is 0 Å². The molecule has 0 aliphatic carbocycles. The fourth-order valence-electron chi connectivity index (χ4n) is 1.67. The Morgan fingerprint density at radius 3 is 2.21 bits per heavy atom. The van der Waals surface area contributed by atoms with Gasteiger partial charge in [-0.2, -0.15) is 0 Å². The number of likely N-dealkylation sites (N-methyl/N-ethyl adjacent to an activating group) is 1. The van der Waals surface area contributed by atoms with Gasteiger partial charge in [-0.1, -0.05) is 30.3 Å². The number of hydrogen-bond acceptors (Lipinski definition) is 2. The highest BCUT2D eigenvalue weighted by molar-refractivity contribution is 6.35. The predicted octanol–water partition coefficient (Wildman–Crippen LogP) is 1.95. The Morgan fingerprint density at radius 2 is 1.74 bits per heavy atom. The molecule has 0 spiro atoms. The standard InChI is InChI=1S/C15H22N2O2/c1-5-17(11-12-9-7-6-8-10-12)14(19)13(18)16-15(2,3)4/h6-10H,5,11H2,1-4H3,(H,16,18). The zero-order valence-electron chi connectivity index (χ0n) is 12.1. The van der Waals surface area contributed by atoms with Crippen molar-refractivity contribution in [1.29, 1.82) is 0 Å². The Labute approximate surface area is 114 Å². The van der Waals surface area contributed by atoms with Gasteiger partial charge in [0.1, 0.15) is 0 Å². The third-order valence-electron chi connectivity index (χ3n) is 2.57. The first-order valence-electron chi connectivity index (χ1n) is 6.49.